The number of carboxylic acids is 1. The van der Waals surface area contributed by atoms with Gasteiger partial charge in [0.05, 0.1) is 4.92 Å². The minimum Gasteiger partial charge on any atom is -0.477 e. The van der Waals surface area contributed by atoms with Crippen molar-refractivity contribution in [3.63, 3.8) is 0 Å². The van der Waals surface area contributed by atoms with E-state index in [2.05, 4.69) is 5.32 Å². The molecule has 0 radical (unpaired) electrons. The highest BCUT2D eigenvalue weighted by Gasteiger charge is 2.19. The monoisotopic (exact) mass is 292 g/mol. The van der Waals surface area contributed by atoms with Gasteiger partial charge in [-0.3, -0.25) is 10.1 Å². The number of aromatic carboxylic acids is 1. The first kappa shape index (κ1) is 14.0. The maximum atomic E-state index is 10.9. The van der Waals surface area contributed by atoms with Gasteiger partial charge in [-0.05, 0) is 40.9 Å². The summed E-state index contributed by atoms with van der Waals surface area (Å²) < 4.78 is 0. The lowest BCUT2D eigenvalue weighted by atomic mass is 10.1. The highest BCUT2D eigenvalue weighted by Crippen LogP contribution is 2.23. The zero-order valence-corrected chi connectivity index (χ0v) is 11.2. The van der Waals surface area contributed by atoms with Crippen LogP contribution in [0.1, 0.15) is 15.9 Å². The van der Waals surface area contributed by atoms with Gasteiger partial charge in [0, 0.05) is 18.3 Å². The number of rotatable bonds is 6. The molecule has 2 rings (SSSR count). The molecule has 0 aliphatic heterocycles. The van der Waals surface area contributed by atoms with Crippen LogP contribution in [0.2, 0.25) is 0 Å². The number of hydrogen-bond acceptors (Lipinski definition) is 5. The molecular formula is C13H12N2O4S. The molecule has 0 fully saturated rings. The van der Waals surface area contributed by atoms with Crippen molar-refractivity contribution in [2.45, 2.75) is 6.42 Å². The van der Waals surface area contributed by atoms with Crippen LogP contribution in [0.25, 0.3) is 0 Å². The molecular weight excluding hydrogens is 280 g/mol. The second kappa shape index (κ2) is 6.16. The fraction of sp³-hybridized carbons (Fsp3) is 0.154. The molecule has 0 spiro atoms. The number of benzene rings is 1. The minimum atomic E-state index is -1.30. The van der Waals surface area contributed by atoms with Crippen LogP contribution in [-0.2, 0) is 6.42 Å². The molecule has 1 aromatic carbocycles. The molecule has 0 aliphatic rings. The molecule has 1 aromatic heterocycles. The number of nitrogens with zero attached hydrogens (tertiary/aromatic N) is 1. The average Bonchev–Trinajstić information content (AvgIpc) is 2.91. The highest BCUT2D eigenvalue weighted by molar-refractivity contribution is 7.07. The van der Waals surface area contributed by atoms with Crippen molar-refractivity contribution < 1.29 is 14.8 Å². The zero-order valence-electron chi connectivity index (χ0n) is 10.4. The van der Waals surface area contributed by atoms with E-state index >= 15 is 0 Å². The Labute approximate surface area is 118 Å². The van der Waals surface area contributed by atoms with Crippen LogP contribution in [-0.4, -0.2) is 22.5 Å². The Hall–Kier alpha value is -2.41. The largest absolute Gasteiger partial charge is 0.477 e. The first-order valence-electron chi connectivity index (χ1n) is 5.84. The van der Waals surface area contributed by atoms with Gasteiger partial charge in [-0.1, -0.05) is 0 Å². The summed E-state index contributed by atoms with van der Waals surface area (Å²) in [5.41, 5.74) is 1.02. The van der Waals surface area contributed by atoms with Gasteiger partial charge in [-0.15, -0.1) is 0 Å². The fourth-order valence-corrected chi connectivity index (χ4v) is 2.46. The van der Waals surface area contributed by atoms with E-state index in [1.54, 1.807) is 11.3 Å². The van der Waals surface area contributed by atoms with Crippen LogP contribution in [0.3, 0.4) is 0 Å². The van der Waals surface area contributed by atoms with Gasteiger partial charge in [-0.2, -0.15) is 11.3 Å². The summed E-state index contributed by atoms with van der Waals surface area (Å²) in [6.07, 6.45) is 0.804. The SMILES string of the molecule is O=C(O)c1ccc(NCCc2ccsc2)cc1[N+](=O)[O-]. The van der Waals surface area contributed by atoms with Gasteiger partial charge in [0.15, 0.2) is 0 Å². The normalized spacial score (nSPS) is 10.2. The van der Waals surface area contributed by atoms with Crippen molar-refractivity contribution in [3.8, 4) is 0 Å². The molecule has 0 saturated heterocycles. The first-order chi connectivity index (χ1) is 9.58. The van der Waals surface area contributed by atoms with Gasteiger partial charge >= 0.3 is 5.97 Å². The number of nitro benzene ring substituents is 1. The summed E-state index contributed by atoms with van der Waals surface area (Å²) in [7, 11) is 0. The van der Waals surface area contributed by atoms with E-state index in [1.165, 1.54) is 23.8 Å². The van der Waals surface area contributed by atoms with Crippen LogP contribution in [0.5, 0.6) is 0 Å². The second-order valence-corrected chi connectivity index (χ2v) is 4.88. The van der Waals surface area contributed by atoms with Crippen LogP contribution >= 0.6 is 11.3 Å². The summed E-state index contributed by atoms with van der Waals surface area (Å²) in [4.78, 5) is 21.1. The Kier molecular flexibility index (Phi) is 4.31. The lowest BCUT2D eigenvalue weighted by molar-refractivity contribution is -0.385. The third kappa shape index (κ3) is 3.33. The molecule has 20 heavy (non-hydrogen) atoms. The summed E-state index contributed by atoms with van der Waals surface area (Å²) in [5, 5.41) is 26.8. The maximum absolute atomic E-state index is 10.9. The smallest absolute Gasteiger partial charge is 0.342 e. The summed E-state index contributed by atoms with van der Waals surface area (Å²) in [6, 6.07) is 6.04. The molecule has 0 saturated carbocycles. The fourth-order valence-electron chi connectivity index (χ4n) is 1.76. The topological polar surface area (TPSA) is 92.5 Å². The van der Waals surface area contributed by atoms with Crippen LogP contribution in [0.15, 0.2) is 35.0 Å². The van der Waals surface area contributed by atoms with Gasteiger partial charge in [0.2, 0.25) is 0 Å². The third-order valence-electron chi connectivity index (χ3n) is 2.75. The van der Waals surface area contributed by atoms with E-state index in [0.717, 1.165) is 6.42 Å². The molecule has 0 amide bonds. The van der Waals surface area contributed by atoms with Gasteiger partial charge < -0.3 is 10.4 Å². The predicted molar refractivity (Wildman–Crippen MR) is 76.6 cm³/mol. The lowest BCUT2D eigenvalue weighted by Crippen LogP contribution is -2.07. The molecule has 2 aromatic rings. The minimum absolute atomic E-state index is 0.307. The molecule has 0 atom stereocenters. The van der Waals surface area contributed by atoms with E-state index in [9.17, 15) is 14.9 Å². The number of anilines is 1. The Balaban J connectivity index is 2.07. The Morgan fingerprint density at radius 1 is 1.40 bits per heavy atom. The van der Waals surface area contributed by atoms with E-state index < -0.39 is 16.6 Å². The Bertz CT molecular complexity index is 625. The third-order valence-corrected chi connectivity index (χ3v) is 3.48. The number of carbonyl (C=O) groups is 1. The maximum Gasteiger partial charge on any atom is 0.342 e. The molecule has 0 unspecified atom stereocenters. The van der Waals surface area contributed by atoms with Gasteiger partial charge in [-0.25, -0.2) is 4.79 Å². The van der Waals surface area contributed by atoms with E-state index in [0.29, 0.717) is 12.2 Å². The average molecular weight is 292 g/mol. The summed E-state index contributed by atoms with van der Waals surface area (Å²) >= 11 is 1.62. The van der Waals surface area contributed by atoms with E-state index in [1.807, 2.05) is 16.8 Å². The van der Waals surface area contributed by atoms with Crippen LogP contribution in [0.4, 0.5) is 11.4 Å². The van der Waals surface area contributed by atoms with E-state index in [-0.39, 0.29) is 5.56 Å². The quantitative estimate of drug-likeness (QED) is 0.630. The molecule has 0 aliphatic carbocycles. The molecule has 7 heteroatoms. The predicted octanol–water partition coefficient (Wildman–Crippen LogP) is 3.01. The number of thiophene rings is 1. The van der Waals surface area contributed by atoms with Gasteiger partial charge in [0.1, 0.15) is 5.56 Å². The van der Waals surface area contributed by atoms with Crippen LogP contribution < -0.4 is 5.32 Å². The standard InChI is InChI=1S/C13H12N2O4S/c16-13(17)11-2-1-10(7-12(11)15(18)19)14-5-3-9-4-6-20-8-9/h1-2,4,6-8,14H,3,5H2,(H,16,17). The number of hydrogen-bond donors (Lipinski definition) is 2. The zero-order chi connectivity index (χ0) is 14.5. The molecule has 0 bridgehead atoms. The van der Waals surface area contributed by atoms with Gasteiger partial charge in [0.25, 0.3) is 5.69 Å². The van der Waals surface area contributed by atoms with Crippen molar-refractivity contribution in [1.82, 2.24) is 0 Å². The summed E-state index contributed by atoms with van der Waals surface area (Å²) in [6.45, 7) is 0.625. The number of nitrogens with one attached hydrogen (secondary N) is 1. The molecule has 2 N–H and O–H groups in total. The highest BCUT2D eigenvalue weighted by atomic mass is 32.1. The van der Waals surface area contributed by atoms with Crippen LogP contribution in [0, 0.1) is 10.1 Å². The molecule has 1 heterocycles. The Morgan fingerprint density at radius 2 is 2.20 bits per heavy atom. The summed E-state index contributed by atoms with van der Waals surface area (Å²) in [5.74, 6) is -1.30. The molecule has 6 nitrogen and oxygen atoms in total. The van der Waals surface area contributed by atoms with Crippen molar-refractivity contribution in [3.05, 3.63) is 56.3 Å². The van der Waals surface area contributed by atoms with Crippen molar-refractivity contribution in [2.24, 2.45) is 0 Å². The van der Waals surface area contributed by atoms with Crippen molar-refractivity contribution >= 4 is 28.7 Å². The van der Waals surface area contributed by atoms with Crippen molar-refractivity contribution in [1.29, 1.82) is 0 Å². The number of nitro groups is 1. The van der Waals surface area contributed by atoms with E-state index in [4.69, 9.17) is 5.11 Å². The van der Waals surface area contributed by atoms with Crippen molar-refractivity contribution in [2.75, 3.05) is 11.9 Å². The number of carboxylic acid groups (broad SMARTS) is 1. The second-order valence-electron chi connectivity index (χ2n) is 4.10. The first-order valence-corrected chi connectivity index (χ1v) is 6.79. The Morgan fingerprint density at radius 3 is 2.80 bits per heavy atom. The molecule has 104 valence electrons. The lowest BCUT2D eigenvalue weighted by Gasteiger charge is -2.06.